The summed E-state index contributed by atoms with van der Waals surface area (Å²) in [6.07, 6.45) is 2.77. The Morgan fingerprint density at radius 1 is 1.39 bits per heavy atom. The fraction of sp³-hybridized carbons (Fsp3) is 0.167. The summed E-state index contributed by atoms with van der Waals surface area (Å²) in [5.74, 6) is -0.831. The van der Waals surface area contributed by atoms with Gasteiger partial charge in [-0.1, -0.05) is 0 Å². The average Bonchev–Trinajstić information content (AvgIpc) is 2.39. The van der Waals surface area contributed by atoms with Gasteiger partial charge in [0.25, 0.3) is 0 Å². The Kier molecular flexibility index (Phi) is 4.26. The molecule has 0 saturated heterocycles. The van der Waals surface area contributed by atoms with Gasteiger partial charge < -0.3 is 10.1 Å². The van der Waals surface area contributed by atoms with Crippen molar-refractivity contribution in [1.82, 2.24) is 5.32 Å². The lowest BCUT2D eigenvalue weighted by Crippen LogP contribution is -2.19. The Balaban J connectivity index is 3.40. The number of dihydropyridines is 1. The molecular weight excluding hydrogens is 232 g/mol. The fourth-order valence-electron chi connectivity index (χ4n) is 1.31. The van der Waals surface area contributed by atoms with Gasteiger partial charge in [-0.15, -0.1) is 0 Å². The van der Waals surface area contributed by atoms with E-state index in [-0.39, 0.29) is 29.0 Å². The summed E-state index contributed by atoms with van der Waals surface area (Å²) >= 11 is 0. The van der Waals surface area contributed by atoms with Crippen molar-refractivity contribution < 1.29 is 9.53 Å². The molecule has 0 aliphatic carbocycles. The topological polar surface area (TPSA) is 110 Å². The monoisotopic (exact) mass is 240 g/mol. The number of carbonyl (C=O) groups is 1. The minimum atomic E-state index is -0.831. The molecule has 0 aromatic carbocycles. The summed E-state index contributed by atoms with van der Waals surface area (Å²) < 4.78 is 4.71. The molecular formula is C12H8N4O2. The smallest absolute Gasteiger partial charge is 0.351 e. The molecule has 0 spiro atoms. The minimum Gasteiger partial charge on any atom is -0.462 e. The normalized spacial score (nSPS) is 15.9. The number of hydrogen-bond donors (Lipinski definition) is 1. The molecule has 0 aromatic heterocycles. The van der Waals surface area contributed by atoms with E-state index < -0.39 is 5.97 Å². The zero-order valence-electron chi connectivity index (χ0n) is 9.52. The fourth-order valence-corrected chi connectivity index (χ4v) is 1.31. The highest BCUT2D eigenvalue weighted by atomic mass is 16.5. The molecule has 0 fully saturated rings. The van der Waals surface area contributed by atoms with Crippen LogP contribution in [0.2, 0.25) is 0 Å². The maximum absolute atomic E-state index is 11.5. The third kappa shape index (κ3) is 2.37. The van der Waals surface area contributed by atoms with Crippen LogP contribution in [0.15, 0.2) is 34.7 Å². The lowest BCUT2D eigenvalue weighted by Gasteiger charge is -2.13. The Morgan fingerprint density at radius 2 is 2.11 bits per heavy atom. The van der Waals surface area contributed by atoms with Gasteiger partial charge in [-0.25, -0.2) is 4.79 Å². The average molecular weight is 240 g/mol. The van der Waals surface area contributed by atoms with E-state index in [1.165, 1.54) is 12.3 Å². The molecule has 6 nitrogen and oxygen atoms in total. The van der Waals surface area contributed by atoms with E-state index in [1.54, 1.807) is 19.1 Å². The molecule has 0 bridgehead atoms. The SMILES string of the molecule is CCOC(=O)C(C#N)=C1NC=CC(C#N)=C1C#N. The standard InChI is InChI=1S/C12H8N4O2/c1-2-18-12(17)10(7-15)11-9(6-14)8(5-13)3-4-16-11/h3-4,16H,2H2,1H3. The molecule has 1 heterocycles. The zero-order valence-corrected chi connectivity index (χ0v) is 9.52. The van der Waals surface area contributed by atoms with Crippen molar-refractivity contribution in [2.24, 2.45) is 0 Å². The van der Waals surface area contributed by atoms with Crippen LogP contribution in [-0.4, -0.2) is 12.6 Å². The van der Waals surface area contributed by atoms with Crippen LogP contribution in [0.5, 0.6) is 0 Å². The molecule has 0 unspecified atom stereocenters. The Hall–Kier alpha value is -3.04. The molecule has 0 radical (unpaired) electrons. The molecule has 1 aliphatic heterocycles. The molecule has 1 rings (SSSR count). The molecule has 0 atom stereocenters. The second kappa shape index (κ2) is 5.89. The van der Waals surface area contributed by atoms with Crippen LogP contribution < -0.4 is 5.32 Å². The molecule has 0 saturated carbocycles. The van der Waals surface area contributed by atoms with Crippen molar-refractivity contribution in [3.8, 4) is 18.2 Å². The van der Waals surface area contributed by atoms with Gasteiger partial charge in [-0.2, -0.15) is 15.8 Å². The highest BCUT2D eigenvalue weighted by molar-refractivity contribution is 5.95. The first-order chi connectivity index (χ1) is 8.69. The first kappa shape index (κ1) is 13.0. The number of carbonyl (C=O) groups excluding carboxylic acids is 1. The van der Waals surface area contributed by atoms with Crippen molar-refractivity contribution >= 4 is 5.97 Å². The van der Waals surface area contributed by atoms with Crippen LogP contribution in [0.3, 0.4) is 0 Å². The number of nitrogens with zero attached hydrogens (tertiary/aromatic N) is 3. The Labute approximate surface area is 104 Å². The van der Waals surface area contributed by atoms with E-state index in [0.29, 0.717) is 0 Å². The summed E-state index contributed by atoms with van der Waals surface area (Å²) in [6, 6.07) is 5.29. The summed E-state index contributed by atoms with van der Waals surface area (Å²) in [5, 5.41) is 29.4. The molecule has 1 aliphatic rings. The lowest BCUT2D eigenvalue weighted by molar-refractivity contribution is -0.138. The number of esters is 1. The van der Waals surface area contributed by atoms with Gasteiger partial charge >= 0.3 is 5.97 Å². The molecule has 0 amide bonds. The van der Waals surface area contributed by atoms with Gasteiger partial charge in [-0.3, -0.25) is 0 Å². The largest absolute Gasteiger partial charge is 0.462 e. The first-order valence-electron chi connectivity index (χ1n) is 4.99. The van der Waals surface area contributed by atoms with Gasteiger partial charge in [0.2, 0.25) is 0 Å². The number of nitrogens with one attached hydrogen (secondary N) is 1. The third-order valence-electron chi connectivity index (χ3n) is 2.07. The second-order valence-corrected chi connectivity index (χ2v) is 3.07. The Bertz CT molecular complexity index is 591. The summed E-state index contributed by atoms with van der Waals surface area (Å²) in [6.45, 7) is 1.72. The van der Waals surface area contributed by atoms with Crippen LogP contribution in [0, 0.1) is 34.0 Å². The highest BCUT2D eigenvalue weighted by Gasteiger charge is 2.23. The number of allylic oxidation sites excluding steroid dienone is 3. The zero-order chi connectivity index (χ0) is 13.5. The summed E-state index contributed by atoms with van der Waals surface area (Å²) in [5.41, 5.74) is -0.295. The maximum Gasteiger partial charge on any atom is 0.351 e. The van der Waals surface area contributed by atoms with Crippen LogP contribution in [0.1, 0.15) is 6.92 Å². The predicted octanol–water partition coefficient (Wildman–Crippen LogP) is 0.788. The van der Waals surface area contributed by atoms with Crippen molar-refractivity contribution in [3.63, 3.8) is 0 Å². The van der Waals surface area contributed by atoms with Crippen molar-refractivity contribution in [2.45, 2.75) is 6.92 Å². The first-order valence-corrected chi connectivity index (χ1v) is 4.99. The highest BCUT2D eigenvalue weighted by Crippen LogP contribution is 2.20. The van der Waals surface area contributed by atoms with Crippen LogP contribution in [0.25, 0.3) is 0 Å². The third-order valence-corrected chi connectivity index (χ3v) is 2.07. The number of nitriles is 3. The van der Waals surface area contributed by atoms with Gasteiger partial charge in [0, 0.05) is 6.20 Å². The lowest BCUT2D eigenvalue weighted by atomic mass is 10.0. The van der Waals surface area contributed by atoms with Crippen LogP contribution in [0.4, 0.5) is 0 Å². The van der Waals surface area contributed by atoms with E-state index in [1.807, 2.05) is 6.07 Å². The molecule has 0 aromatic rings. The van der Waals surface area contributed by atoms with Crippen molar-refractivity contribution in [2.75, 3.05) is 6.61 Å². The minimum absolute atomic E-state index is 0.00231. The maximum atomic E-state index is 11.5. The molecule has 6 heteroatoms. The molecule has 1 N–H and O–H groups in total. The van der Waals surface area contributed by atoms with Gasteiger partial charge in [0.1, 0.15) is 18.2 Å². The molecule has 18 heavy (non-hydrogen) atoms. The van der Waals surface area contributed by atoms with E-state index >= 15 is 0 Å². The van der Waals surface area contributed by atoms with Gasteiger partial charge in [0.05, 0.1) is 23.5 Å². The summed E-state index contributed by atoms with van der Waals surface area (Å²) in [4.78, 5) is 11.5. The van der Waals surface area contributed by atoms with E-state index in [4.69, 9.17) is 20.5 Å². The van der Waals surface area contributed by atoms with E-state index in [9.17, 15) is 4.79 Å². The Morgan fingerprint density at radius 3 is 2.61 bits per heavy atom. The van der Waals surface area contributed by atoms with Crippen molar-refractivity contribution in [1.29, 1.82) is 15.8 Å². The van der Waals surface area contributed by atoms with Crippen LogP contribution >= 0.6 is 0 Å². The number of hydrogen-bond acceptors (Lipinski definition) is 6. The number of ether oxygens (including phenoxy) is 1. The van der Waals surface area contributed by atoms with Crippen LogP contribution in [-0.2, 0) is 9.53 Å². The molecule has 88 valence electrons. The van der Waals surface area contributed by atoms with E-state index in [0.717, 1.165) is 0 Å². The second-order valence-electron chi connectivity index (χ2n) is 3.07. The predicted molar refractivity (Wildman–Crippen MR) is 59.8 cm³/mol. The van der Waals surface area contributed by atoms with Gasteiger partial charge in [0.15, 0.2) is 5.57 Å². The quantitative estimate of drug-likeness (QED) is 0.434. The van der Waals surface area contributed by atoms with Crippen molar-refractivity contribution in [3.05, 3.63) is 34.7 Å². The number of rotatable bonds is 2. The summed E-state index contributed by atoms with van der Waals surface area (Å²) in [7, 11) is 0. The van der Waals surface area contributed by atoms with E-state index in [2.05, 4.69) is 5.32 Å². The van der Waals surface area contributed by atoms with Gasteiger partial charge in [-0.05, 0) is 13.0 Å².